The van der Waals surface area contributed by atoms with Gasteiger partial charge in [-0.25, -0.2) is 13.9 Å². The highest BCUT2D eigenvalue weighted by molar-refractivity contribution is 6.04. The summed E-state index contributed by atoms with van der Waals surface area (Å²) in [6.45, 7) is 0.827. The maximum atomic E-state index is 13.7. The van der Waals surface area contributed by atoms with Gasteiger partial charge in [-0.05, 0) is 48.7 Å². The van der Waals surface area contributed by atoms with Crippen LogP contribution in [0.2, 0.25) is 0 Å². The van der Waals surface area contributed by atoms with Crippen LogP contribution in [0.3, 0.4) is 0 Å². The molecule has 1 amide bonds. The zero-order valence-electron chi connectivity index (χ0n) is 16.1. The van der Waals surface area contributed by atoms with Gasteiger partial charge in [-0.1, -0.05) is 18.2 Å². The largest absolute Gasteiger partial charge is 0.349 e. The lowest BCUT2D eigenvalue weighted by Crippen LogP contribution is -2.24. The van der Waals surface area contributed by atoms with E-state index in [-0.39, 0.29) is 17.8 Å². The van der Waals surface area contributed by atoms with Gasteiger partial charge in [0.2, 0.25) is 0 Å². The molecule has 1 saturated heterocycles. The summed E-state index contributed by atoms with van der Waals surface area (Å²) in [7, 11) is 0. The molecule has 1 aromatic carbocycles. The van der Waals surface area contributed by atoms with Gasteiger partial charge in [-0.3, -0.25) is 9.78 Å². The Hall–Kier alpha value is -3.81. The third-order valence-electron chi connectivity index (χ3n) is 5.28. The Bertz CT molecular complexity index is 1210. The summed E-state index contributed by atoms with van der Waals surface area (Å²) < 4.78 is 15.4. The minimum Gasteiger partial charge on any atom is -0.349 e. The molecule has 1 fully saturated rings. The smallest absolute Gasteiger partial charge is 0.274 e. The summed E-state index contributed by atoms with van der Waals surface area (Å²) in [6, 6.07) is 13.8. The Balaban J connectivity index is 1.46. The lowest BCUT2D eigenvalue weighted by atomic mass is 10.0. The Morgan fingerprint density at radius 1 is 1.17 bits per heavy atom. The zero-order valence-corrected chi connectivity index (χ0v) is 16.1. The number of halogens is 1. The number of benzene rings is 1. The molecule has 0 saturated carbocycles. The molecule has 30 heavy (non-hydrogen) atoms. The number of amides is 1. The molecule has 4 heterocycles. The first-order valence-electron chi connectivity index (χ1n) is 9.78. The van der Waals surface area contributed by atoms with Gasteiger partial charge in [-0.2, -0.15) is 5.10 Å². The first-order valence-corrected chi connectivity index (χ1v) is 9.78. The average molecular weight is 402 g/mol. The summed E-state index contributed by atoms with van der Waals surface area (Å²) in [5.41, 5.74) is 2.31. The molecule has 4 aromatic rings. The third kappa shape index (κ3) is 3.36. The molecule has 1 aliphatic heterocycles. The summed E-state index contributed by atoms with van der Waals surface area (Å²) >= 11 is 0. The molecular weight excluding hydrogens is 383 g/mol. The number of carbonyl (C=O) groups excluding carboxylic acids is 1. The highest BCUT2D eigenvalue weighted by Crippen LogP contribution is 2.35. The quantitative estimate of drug-likeness (QED) is 0.561. The highest BCUT2D eigenvalue weighted by Gasteiger charge is 2.28. The molecule has 0 bridgehead atoms. The predicted octanol–water partition coefficient (Wildman–Crippen LogP) is 3.86. The van der Waals surface area contributed by atoms with Crippen molar-refractivity contribution in [2.45, 2.75) is 18.9 Å². The van der Waals surface area contributed by atoms with Crippen LogP contribution in [0.4, 0.5) is 15.9 Å². The van der Waals surface area contributed by atoms with Crippen molar-refractivity contribution in [1.82, 2.24) is 19.6 Å². The van der Waals surface area contributed by atoms with Crippen LogP contribution in [0.5, 0.6) is 0 Å². The van der Waals surface area contributed by atoms with Crippen LogP contribution < -0.4 is 10.2 Å². The van der Waals surface area contributed by atoms with Crippen molar-refractivity contribution >= 4 is 23.1 Å². The van der Waals surface area contributed by atoms with Gasteiger partial charge >= 0.3 is 0 Å². The molecule has 150 valence electrons. The van der Waals surface area contributed by atoms with Gasteiger partial charge in [0, 0.05) is 18.9 Å². The van der Waals surface area contributed by atoms with E-state index in [4.69, 9.17) is 4.98 Å². The number of rotatable bonds is 4. The van der Waals surface area contributed by atoms with Crippen LogP contribution in [-0.2, 0) is 0 Å². The number of hydrogen-bond acceptors (Lipinski definition) is 5. The summed E-state index contributed by atoms with van der Waals surface area (Å²) in [6.07, 6.45) is 6.88. The third-order valence-corrected chi connectivity index (χ3v) is 5.28. The molecule has 0 aliphatic carbocycles. The van der Waals surface area contributed by atoms with Gasteiger partial charge in [0.1, 0.15) is 23.0 Å². The Kier molecular flexibility index (Phi) is 4.59. The molecule has 3 aromatic heterocycles. The Labute approximate surface area is 172 Å². The van der Waals surface area contributed by atoms with E-state index in [1.54, 1.807) is 47.2 Å². The lowest BCUT2D eigenvalue weighted by molar-refractivity contribution is 0.102. The SMILES string of the molecule is O=C(Nc1cnn2ccc(N3CCCC3c3cccc(F)c3)nc12)c1ccccn1. The summed E-state index contributed by atoms with van der Waals surface area (Å²) in [5.74, 6) is 0.206. The number of hydrogen-bond donors (Lipinski definition) is 1. The summed E-state index contributed by atoms with van der Waals surface area (Å²) in [4.78, 5) is 23.5. The van der Waals surface area contributed by atoms with E-state index in [0.717, 1.165) is 30.8 Å². The van der Waals surface area contributed by atoms with Crippen molar-refractivity contribution in [3.8, 4) is 0 Å². The maximum absolute atomic E-state index is 13.7. The summed E-state index contributed by atoms with van der Waals surface area (Å²) in [5, 5.41) is 7.11. The van der Waals surface area contributed by atoms with Gasteiger partial charge in [0.15, 0.2) is 5.65 Å². The first-order chi connectivity index (χ1) is 14.7. The van der Waals surface area contributed by atoms with Gasteiger partial charge in [-0.15, -0.1) is 0 Å². The fourth-order valence-electron chi connectivity index (χ4n) is 3.89. The number of carbonyl (C=O) groups is 1. The first kappa shape index (κ1) is 18.2. The topological polar surface area (TPSA) is 75.4 Å². The molecule has 1 unspecified atom stereocenters. The van der Waals surface area contributed by atoms with E-state index in [2.05, 4.69) is 20.3 Å². The highest BCUT2D eigenvalue weighted by atomic mass is 19.1. The van der Waals surface area contributed by atoms with Crippen LogP contribution in [0.1, 0.15) is 34.9 Å². The number of fused-ring (bicyclic) bond motifs is 1. The van der Waals surface area contributed by atoms with Crippen molar-refractivity contribution in [1.29, 1.82) is 0 Å². The molecular formula is C22H19FN6O. The zero-order chi connectivity index (χ0) is 20.5. The van der Waals surface area contributed by atoms with Crippen LogP contribution in [0, 0.1) is 5.82 Å². The van der Waals surface area contributed by atoms with Crippen LogP contribution in [0.15, 0.2) is 67.1 Å². The van der Waals surface area contributed by atoms with Crippen molar-refractivity contribution in [2.24, 2.45) is 0 Å². The minimum absolute atomic E-state index is 0.0603. The van der Waals surface area contributed by atoms with Gasteiger partial charge in [0.05, 0.1) is 12.2 Å². The second-order valence-corrected chi connectivity index (χ2v) is 7.19. The van der Waals surface area contributed by atoms with E-state index < -0.39 is 0 Å². The molecule has 1 aliphatic rings. The molecule has 0 spiro atoms. The minimum atomic E-state index is -0.323. The van der Waals surface area contributed by atoms with Crippen molar-refractivity contribution in [3.63, 3.8) is 0 Å². The molecule has 7 nitrogen and oxygen atoms in total. The van der Waals surface area contributed by atoms with Crippen LogP contribution in [0.25, 0.3) is 5.65 Å². The standard InChI is InChI=1S/C22H19FN6O/c23-16-6-3-5-15(13-16)19-8-4-11-28(19)20-9-12-29-21(27-20)18(14-25-29)26-22(30)17-7-1-2-10-24-17/h1-3,5-7,9-10,12-14,19H,4,8,11H2,(H,26,30). The molecule has 1 N–H and O–H groups in total. The van der Waals surface area contributed by atoms with E-state index in [1.807, 2.05) is 18.3 Å². The van der Waals surface area contributed by atoms with E-state index in [9.17, 15) is 9.18 Å². The van der Waals surface area contributed by atoms with E-state index in [0.29, 0.717) is 17.0 Å². The molecule has 0 radical (unpaired) electrons. The average Bonchev–Trinajstić information content (AvgIpc) is 3.41. The second kappa shape index (κ2) is 7.55. The van der Waals surface area contributed by atoms with Gasteiger partial charge in [0.25, 0.3) is 5.91 Å². The number of pyridine rings is 1. The number of anilines is 2. The predicted molar refractivity (Wildman–Crippen MR) is 111 cm³/mol. The number of nitrogens with zero attached hydrogens (tertiary/aromatic N) is 5. The van der Waals surface area contributed by atoms with Crippen molar-refractivity contribution in [3.05, 3.63) is 84.2 Å². The Morgan fingerprint density at radius 3 is 2.93 bits per heavy atom. The molecule has 8 heteroatoms. The fourth-order valence-corrected chi connectivity index (χ4v) is 3.89. The lowest BCUT2D eigenvalue weighted by Gasteiger charge is -2.26. The maximum Gasteiger partial charge on any atom is 0.274 e. The fraction of sp³-hybridized carbons (Fsp3) is 0.182. The van der Waals surface area contributed by atoms with Gasteiger partial charge < -0.3 is 10.2 Å². The van der Waals surface area contributed by atoms with Crippen LogP contribution >= 0.6 is 0 Å². The number of aromatic nitrogens is 4. The molecule has 5 rings (SSSR count). The van der Waals surface area contributed by atoms with Crippen LogP contribution in [-0.4, -0.2) is 32.0 Å². The van der Waals surface area contributed by atoms with Crippen molar-refractivity contribution in [2.75, 3.05) is 16.8 Å². The van der Waals surface area contributed by atoms with E-state index >= 15 is 0 Å². The van der Waals surface area contributed by atoms with E-state index in [1.165, 1.54) is 6.07 Å². The molecule has 1 atom stereocenters. The normalized spacial score (nSPS) is 16.2. The van der Waals surface area contributed by atoms with Crippen molar-refractivity contribution < 1.29 is 9.18 Å². The number of nitrogens with one attached hydrogen (secondary N) is 1. The monoisotopic (exact) mass is 402 g/mol. The Morgan fingerprint density at radius 2 is 2.10 bits per heavy atom. The second-order valence-electron chi connectivity index (χ2n) is 7.19.